The summed E-state index contributed by atoms with van der Waals surface area (Å²) < 4.78 is 2.92. The molecule has 5 heteroatoms. The second-order valence-corrected chi connectivity index (χ2v) is 13.2. The average Bonchev–Trinajstić information content (AvgIpc) is 3.47. The third-order valence-corrected chi connectivity index (χ3v) is 12.6. The largest absolute Gasteiger partial charge is 0.422 e. The predicted octanol–water partition coefficient (Wildman–Crippen LogP) is 4.73. The zero-order chi connectivity index (χ0) is 22.1. The lowest BCUT2D eigenvalue weighted by atomic mass is 9.71. The summed E-state index contributed by atoms with van der Waals surface area (Å²) in [7, 11) is -1.69. The van der Waals surface area contributed by atoms with Gasteiger partial charge >= 0.3 is 6.98 Å². The van der Waals surface area contributed by atoms with Gasteiger partial charge in [-0.2, -0.15) is 0 Å². The monoisotopic (exact) mass is 455 g/mol. The molecule has 0 fully saturated rings. The number of hydrogen-bond acceptors (Lipinski definition) is 3. The molecule has 0 saturated heterocycles. The lowest BCUT2D eigenvalue weighted by molar-refractivity contribution is 1.06. The highest BCUT2D eigenvalue weighted by Gasteiger charge is 2.45. The molecule has 1 aromatic heterocycles. The minimum atomic E-state index is -1.69. The first-order chi connectivity index (χ1) is 15.7. The molecular weight excluding hydrogens is 426 g/mol. The number of anilines is 2. The predicted molar refractivity (Wildman–Crippen MR) is 147 cm³/mol. The molecule has 0 aliphatic carbocycles. The summed E-state index contributed by atoms with van der Waals surface area (Å²) in [5, 5.41) is 2.88. The van der Waals surface area contributed by atoms with Gasteiger partial charge in [-0.15, -0.1) is 11.3 Å². The van der Waals surface area contributed by atoms with E-state index in [0.29, 0.717) is 0 Å². The summed E-state index contributed by atoms with van der Waals surface area (Å²) in [6, 6.07) is 35.8. The molecule has 160 valence electrons. The molecule has 0 N–H and O–H groups in total. The van der Waals surface area contributed by atoms with Crippen molar-refractivity contribution in [1.82, 2.24) is 0 Å². The zero-order valence-corrected chi connectivity index (χ0v) is 20.7. The van der Waals surface area contributed by atoms with Gasteiger partial charge in [0.2, 0.25) is 0 Å². The normalized spacial score (nSPS) is 13.5. The number of para-hydroxylation sites is 2. The Labute approximate surface area is 197 Å². The van der Waals surface area contributed by atoms with Crippen LogP contribution in [0.1, 0.15) is 13.8 Å². The second-order valence-electron chi connectivity index (χ2n) is 8.29. The van der Waals surface area contributed by atoms with Gasteiger partial charge in [-0.1, -0.05) is 48.5 Å². The van der Waals surface area contributed by atoms with Crippen LogP contribution in [0, 0.1) is 0 Å². The summed E-state index contributed by atoms with van der Waals surface area (Å²) in [5.41, 5.74) is 2.70. The molecule has 3 aromatic carbocycles. The molecule has 0 amide bonds. The Morgan fingerprint density at radius 2 is 1.12 bits per heavy atom. The molecule has 4 aromatic rings. The molecule has 0 bridgehead atoms. The van der Waals surface area contributed by atoms with E-state index in [0.717, 1.165) is 13.1 Å². The number of benzene rings is 3. The van der Waals surface area contributed by atoms with Crippen LogP contribution in [0.3, 0.4) is 0 Å². The van der Waals surface area contributed by atoms with E-state index in [1.807, 2.05) is 11.3 Å². The fourth-order valence-corrected chi connectivity index (χ4v) is 10.2. The quantitative estimate of drug-likeness (QED) is 0.306. The number of rotatable bonds is 6. The van der Waals surface area contributed by atoms with Crippen LogP contribution in [0.5, 0.6) is 0 Å². The zero-order valence-electron chi connectivity index (χ0n) is 19.0. The van der Waals surface area contributed by atoms with Crippen molar-refractivity contribution in [3.05, 3.63) is 97.1 Å². The fraction of sp³-hybridized carbons (Fsp3) is 0.185. The van der Waals surface area contributed by atoms with E-state index in [1.165, 1.54) is 31.4 Å². The Hall–Kier alpha value is -2.55. The number of thiophene rings is 1. The van der Waals surface area contributed by atoms with Crippen LogP contribution in [0.2, 0.25) is 0 Å². The third-order valence-electron chi connectivity index (χ3n) is 6.63. The molecule has 5 rings (SSSR count). The van der Waals surface area contributed by atoms with Gasteiger partial charge in [-0.05, 0) is 62.4 Å². The number of nitrogens with zero attached hydrogens (tertiary/aromatic N) is 2. The van der Waals surface area contributed by atoms with Crippen LogP contribution in [0.4, 0.5) is 11.4 Å². The SMILES string of the molecule is CCN1B(c2ccc([P+](C)(c3ccccc3)c3ccccc3)s2)N(CC)c2ccccc21. The van der Waals surface area contributed by atoms with E-state index in [9.17, 15) is 0 Å². The van der Waals surface area contributed by atoms with Crippen molar-refractivity contribution < 1.29 is 0 Å². The minimum Gasteiger partial charge on any atom is -0.390 e. The first kappa shape index (κ1) is 21.3. The van der Waals surface area contributed by atoms with Crippen LogP contribution in [-0.4, -0.2) is 26.7 Å². The van der Waals surface area contributed by atoms with E-state index in [4.69, 9.17) is 0 Å². The van der Waals surface area contributed by atoms with Crippen molar-refractivity contribution in [1.29, 1.82) is 0 Å². The van der Waals surface area contributed by atoms with Gasteiger partial charge < -0.3 is 9.62 Å². The van der Waals surface area contributed by atoms with Crippen molar-refractivity contribution in [3.63, 3.8) is 0 Å². The molecule has 0 spiro atoms. The maximum absolute atomic E-state index is 2.55. The van der Waals surface area contributed by atoms with Crippen molar-refractivity contribution in [2.45, 2.75) is 13.8 Å². The topological polar surface area (TPSA) is 6.48 Å². The number of fused-ring (bicyclic) bond motifs is 1. The Morgan fingerprint density at radius 3 is 1.59 bits per heavy atom. The fourth-order valence-electron chi connectivity index (χ4n) is 4.95. The van der Waals surface area contributed by atoms with E-state index >= 15 is 0 Å². The number of hydrogen-bond donors (Lipinski definition) is 0. The van der Waals surface area contributed by atoms with E-state index in [1.54, 1.807) is 0 Å². The smallest absolute Gasteiger partial charge is 0.390 e. The standard InChI is InChI=1S/C27H29BN2PS/c1-4-29-24-18-12-13-19-25(24)30(5-2)28(29)26-20-21-27(32-26)31(3,22-14-8-6-9-15-22)23-16-10-7-11-17-23/h6-21H,4-5H2,1-3H3/q+1. The summed E-state index contributed by atoms with van der Waals surface area (Å²) in [6.45, 7) is 9.27. The maximum Gasteiger partial charge on any atom is 0.422 e. The summed E-state index contributed by atoms with van der Waals surface area (Å²) in [5.74, 6) is 0. The molecule has 0 unspecified atom stereocenters. The lowest BCUT2D eigenvalue weighted by Crippen LogP contribution is -2.55. The summed E-state index contributed by atoms with van der Waals surface area (Å²) in [4.78, 5) is 5.10. The summed E-state index contributed by atoms with van der Waals surface area (Å²) >= 11 is 2.00. The average molecular weight is 455 g/mol. The highest BCUT2D eigenvalue weighted by atomic mass is 32.1. The molecule has 1 aliphatic heterocycles. The van der Waals surface area contributed by atoms with E-state index in [2.05, 4.69) is 127 Å². The van der Waals surface area contributed by atoms with Crippen LogP contribution < -0.4 is 29.6 Å². The van der Waals surface area contributed by atoms with Crippen LogP contribution >= 0.6 is 18.6 Å². The lowest BCUT2D eigenvalue weighted by Gasteiger charge is -2.27. The molecule has 32 heavy (non-hydrogen) atoms. The Morgan fingerprint density at radius 1 is 0.656 bits per heavy atom. The van der Waals surface area contributed by atoms with Gasteiger partial charge in [0, 0.05) is 29.2 Å². The van der Waals surface area contributed by atoms with Crippen molar-refractivity contribution in [2.75, 3.05) is 29.4 Å². The van der Waals surface area contributed by atoms with Gasteiger partial charge in [0.1, 0.15) is 17.9 Å². The Balaban J connectivity index is 1.62. The first-order valence-electron chi connectivity index (χ1n) is 11.4. The van der Waals surface area contributed by atoms with Gasteiger partial charge in [0.25, 0.3) is 0 Å². The minimum absolute atomic E-state index is 0.265. The van der Waals surface area contributed by atoms with Gasteiger partial charge in [-0.3, -0.25) is 0 Å². The van der Waals surface area contributed by atoms with Crippen molar-refractivity contribution >= 4 is 57.0 Å². The first-order valence-corrected chi connectivity index (χ1v) is 14.4. The van der Waals surface area contributed by atoms with E-state index in [-0.39, 0.29) is 6.98 Å². The maximum atomic E-state index is 2.55. The van der Waals surface area contributed by atoms with Gasteiger partial charge in [-0.25, -0.2) is 0 Å². The third kappa shape index (κ3) is 3.37. The molecular formula is C27H29BN2PS+. The molecule has 2 heterocycles. The van der Waals surface area contributed by atoms with Crippen LogP contribution in [-0.2, 0) is 0 Å². The molecule has 0 radical (unpaired) electrons. The van der Waals surface area contributed by atoms with Crippen LogP contribution in [0.15, 0.2) is 97.1 Å². The highest BCUT2D eigenvalue weighted by Crippen LogP contribution is 2.52. The van der Waals surface area contributed by atoms with Crippen LogP contribution in [0.25, 0.3) is 0 Å². The van der Waals surface area contributed by atoms with Gasteiger partial charge in [0.05, 0.1) is 6.66 Å². The molecule has 0 atom stereocenters. The molecule has 2 nitrogen and oxygen atoms in total. The van der Waals surface area contributed by atoms with Crippen molar-refractivity contribution in [3.8, 4) is 0 Å². The van der Waals surface area contributed by atoms with Gasteiger partial charge in [0.15, 0.2) is 4.62 Å². The second kappa shape index (κ2) is 8.77. The van der Waals surface area contributed by atoms with E-state index < -0.39 is 7.26 Å². The molecule has 1 aliphatic rings. The Kier molecular flexibility index (Phi) is 5.84. The van der Waals surface area contributed by atoms with Crippen molar-refractivity contribution in [2.24, 2.45) is 0 Å². The Bertz CT molecular complexity index is 1120. The summed E-state index contributed by atoms with van der Waals surface area (Å²) in [6.07, 6.45) is 0. The highest BCUT2D eigenvalue weighted by molar-refractivity contribution is 7.98. The molecule has 0 saturated carbocycles.